The maximum atomic E-state index is 13.6. The first-order chi connectivity index (χ1) is 18.1. The van der Waals surface area contributed by atoms with Crippen molar-refractivity contribution < 1.29 is 13.2 Å². The van der Waals surface area contributed by atoms with Crippen molar-refractivity contribution in [2.75, 3.05) is 56.2 Å². The summed E-state index contributed by atoms with van der Waals surface area (Å²) in [5, 5.41) is 0.864. The van der Waals surface area contributed by atoms with Crippen LogP contribution in [0.5, 0.6) is 0 Å². The van der Waals surface area contributed by atoms with Crippen LogP contribution in [0.2, 0.25) is 10.0 Å². The standard InChI is InChI=1S/C28H38Cl2N4O3S/c1-38(36,37)33-17-11-23(12-18-33)28(35)34(25-7-8-26(29)27(30)20-25)14-2-13-32-15-9-22(10-16-32)19-21-3-5-24(31)6-4-21/h3-8,20,22-23H,2,9-19,31H2,1H3. The lowest BCUT2D eigenvalue weighted by Gasteiger charge is -2.35. The Hall–Kier alpha value is -1.84. The molecular weight excluding hydrogens is 543 g/mol. The summed E-state index contributed by atoms with van der Waals surface area (Å²) < 4.78 is 25.3. The van der Waals surface area contributed by atoms with Gasteiger partial charge in [-0.3, -0.25) is 4.79 Å². The third-order valence-corrected chi connectivity index (χ3v) is 9.86. The number of carbonyl (C=O) groups is 1. The number of hydrogen-bond donors (Lipinski definition) is 1. The number of benzene rings is 2. The molecule has 4 rings (SSSR count). The van der Waals surface area contributed by atoms with E-state index in [-0.39, 0.29) is 11.8 Å². The SMILES string of the molecule is CS(=O)(=O)N1CCC(C(=O)N(CCCN2CCC(Cc3ccc(N)cc3)CC2)c2ccc(Cl)c(Cl)c2)CC1. The first kappa shape index (κ1) is 29.2. The average Bonchev–Trinajstić information content (AvgIpc) is 2.90. The highest BCUT2D eigenvalue weighted by Crippen LogP contribution is 2.30. The van der Waals surface area contributed by atoms with E-state index in [0.717, 1.165) is 43.9 Å². The van der Waals surface area contributed by atoms with Gasteiger partial charge in [-0.15, -0.1) is 0 Å². The molecule has 0 spiro atoms. The normalized spacial score (nSPS) is 18.5. The fraction of sp³-hybridized carbons (Fsp3) is 0.536. The lowest BCUT2D eigenvalue weighted by molar-refractivity contribution is -0.123. The smallest absolute Gasteiger partial charge is 0.230 e. The fourth-order valence-corrected chi connectivity index (χ4v) is 6.69. The molecule has 7 nitrogen and oxygen atoms in total. The van der Waals surface area contributed by atoms with Crippen molar-refractivity contribution in [3.63, 3.8) is 0 Å². The number of sulfonamides is 1. The minimum Gasteiger partial charge on any atom is -0.399 e. The largest absolute Gasteiger partial charge is 0.399 e. The number of rotatable bonds is 9. The van der Waals surface area contributed by atoms with E-state index in [1.54, 1.807) is 12.1 Å². The molecule has 0 bridgehead atoms. The molecular formula is C28H38Cl2N4O3S. The van der Waals surface area contributed by atoms with E-state index >= 15 is 0 Å². The monoisotopic (exact) mass is 580 g/mol. The number of nitrogen functional groups attached to an aromatic ring is 1. The quantitative estimate of drug-likeness (QED) is 0.425. The van der Waals surface area contributed by atoms with E-state index in [0.29, 0.717) is 48.4 Å². The number of halogens is 2. The second-order valence-electron chi connectivity index (χ2n) is 10.6. The van der Waals surface area contributed by atoms with Crippen LogP contribution in [0, 0.1) is 11.8 Å². The van der Waals surface area contributed by atoms with E-state index in [1.807, 2.05) is 23.1 Å². The third kappa shape index (κ3) is 7.85. The summed E-state index contributed by atoms with van der Waals surface area (Å²) in [6, 6.07) is 13.5. The topological polar surface area (TPSA) is 87.0 Å². The van der Waals surface area contributed by atoms with Crippen molar-refractivity contribution in [1.82, 2.24) is 9.21 Å². The minimum absolute atomic E-state index is 0.0266. The Kier molecular flexibility index (Phi) is 9.98. The molecule has 1 amide bonds. The number of carbonyl (C=O) groups excluding carboxylic acids is 1. The Morgan fingerprint density at radius 1 is 0.974 bits per heavy atom. The summed E-state index contributed by atoms with van der Waals surface area (Å²) in [4.78, 5) is 17.9. The molecule has 208 valence electrons. The lowest BCUT2D eigenvalue weighted by atomic mass is 9.90. The summed E-state index contributed by atoms with van der Waals surface area (Å²) in [7, 11) is -3.24. The van der Waals surface area contributed by atoms with Gasteiger partial charge in [-0.2, -0.15) is 0 Å². The molecule has 2 aliphatic heterocycles. The van der Waals surface area contributed by atoms with Crippen molar-refractivity contribution in [3.8, 4) is 0 Å². The van der Waals surface area contributed by atoms with E-state index in [2.05, 4.69) is 17.0 Å². The van der Waals surface area contributed by atoms with Gasteiger partial charge in [0.25, 0.3) is 0 Å². The van der Waals surface area contributed by atoms with Crippen molar-refractivity contribution in [2.24, 2.45) is 11.8 Å². The van der Waals surface area contributed by atoms with E-state index < -0.39 is 10.0 Å². The van der Waals surface area contributed by atoms with Crippen molar-refractivity contribution in [1.29, 1.82) is 0 Å². The van der Waals surface area contributed by atoms with Crippen LogP contribution in [-0.4, -0.2) is 69.1 Å². The van der Waals surface area contributed by atoms with Gasteiger partial charge in [-0.25, -0.2) is 12.7 Å². The van der Waals surface area contributed by atoms with Gasteiger partial charge < -0.3 is 15.5 Å². The molecule has 2 fully saturated rings. The van der Waals surface area contributed by atoms with Crippen molar-refractivity contribution >= 4 is 50.5 Å². The van der Waals surface area contributed by atoms with E-state index in [4.69, 9.17) is 28.9 Å². The summed E-state index contributed by atoms with van der Waals surface area (Å²) in [5.41, 5.74) is 8.69. The molecule has 2 saturated heterocycles. The molecule has 0 saturated carbocycles. The van der Waals surface area contributed by atoms with Crippen LogP contribution in [0.4, 0.5) is 11.4 Å². The van der Waals surface area contributed by atoms with Gasteiger partial charge in [-0.1, -0.05) is 35.3 Å². The Bertz CT molecular complexity index is 1190. The zero-order valence-electron chi connectivity index (χ0n) is 22.0. The average molecular weight is 582 g/mol. The first-order valence-electron chi connectivity index (χ1n) is 13.4. The van der Waals surface area contributed by atoms with Crippen molar-refractivity contribution in [2.45, 2.75) is 38.5 Å². The molecule has 2 aliphatic rings. The van der Waals surface area contributed by atoms with E-state index in [9.17, 15) is 13.2 Å². The number of piperidine rings is 2. The Labute approximate surface area is 236 Å². The Balaban J connectivity index is 1.32. The number of anilines is 2. The van der Waals surface area contributed by atoms with Gasteiger partial charge >= 0.3 is 0 Å². The predicted molar refractivity (Wildman–Crippen MR) is 156 cm³/mol. The highest BCUT2D eigenvalue weighted by molar-refractivity contribution is 7.88. The maximum Gasteiger partial charge on any atom is 0.230 e. The molecule has 2 aromatic rings. The van der Waals surface area contributed by atoms with Crippen LogP contribution in [0.25, 0.3) is 0 Å². The Morgan fingerprint density at radius 2 is 1.63 bits per heavy atom. The molecule has 2 heterocycles. The molecule has 38 heavy (non-hydrogen) atoms. The lowest BCUT2D eigenvalue weighted by Crippen LogP contribution is -2.45. The molecule has 2 aromatic carbocycles. The molecule has 0 atom stereocenters. The number of hydrogen-bond acceptors (Lipinski definition) is 5. The molecule has 0 unspecified atom stereocenters. The highest BCUT2D eigenvalue weighted by Gasteiger charge is 2.32. The zero-order valence-corrected chi connectivity index (χ0v) is 24.3. The minimum atomic E-state index is -3.24. The molecule has 10 heteroatoms. The van der Waals surface area contributed by atoms with Gasteiger partial charge in [0, 0.05) is 36.9 Å². The second kappa shape index (κ2) is 13.0. The van der Waals surface area contributed by atoms with Crippen LogP contribution in [-0.2, 0) is 21.2 Å². The molecule has 0 radical (unpaired) electrons. The van der Waals surface area contributed by atoms with Crippen molar-refractivity contribution in [3.05, 3.63) is 58.1 Å². The number of nitrogens with two attached hydrogens (primary N) is 1. The van der Waals surface area contributed by atoms with Gasteiger partial charge in [0.15, 0.2) is 0 Å². The predicted octanol–water partition coefficient (Wildman–Crippen LogP) is 4.93. The number of amides is 1. The molecule has 2 N–H and O–H groups in total. The first-order valence-corrected chi connectivity index (χ1v) is 16.0. The van der Waals surface area contributed by atoms with Gasteiger partial charge in [0.2, 0.25) is 15.9 Å². The third-order valence-electron chi connectivity index (χ3n) is 7.82. The summed E-state index contributed by atoms with van der Waals surface area (Å²) in [6.07, 6.45) is 6.52. The highest BCUT2D eigenvalue weighted by atomic mass is 35.5. The Morgan fingerprint density at radius 3 is 2.24 bits per heavy atom. The van der Waals surface area contributed by atoms with Gasteiger partial charge in [0.1, 0.15) is 0 Å². The summed E-state index contributed by atoms with van der Waals surface area (Å²) >= 11 is 12.4. The van der Waals surface area contributed by atoms with Crippen LogP contribution in [0.15, 0.2) is 42.5 Å². The second-order valence-corrected chi connectivity index (χ2v) is 13.4. The van der Waals surface area contributed by atoms with Crippen LogP contribution in [0.1, 0.15) is 37.7 Å². The fourth-order valence-electron chi connectivity index (χ4n) is 5.53. The van der Waals surface area contributed by atoms with Crippen LogP contribution >= 0.6 is 23.2 Å². The summed E-state index contributed by atoms with van der Waals surface area (Å²) in [5.74, 6) is 0.493. The van der Waals surface area contributed by atoms with Gasteiger partial charge in [0.05, 0.1) is 16.3 Å². The van der Waals surface area contributed by atoms with Crippen LogP contribution < -0.4 is 10.6 Å². The maximum absolute atomic E-state index is 13.6. The number of nitrogens with zero attached hydrogens (tertiary/aromatic N) is 3. The van der Waals surface area contributed by atoms with Crippen LogP contribution in [0.3, 0.4) is 0 Å². The zero-order chi connectivity index (χ0) is 27.3. The number of likely N-dealkylation sites (tertiary alicyclic amines) is 1. The van der Waals surface area contributed by atoms with E-state index in [1.165, 1.54) is 29.0 Å². The molecule has 0 aliphatic carbocycles. The molecule has 0 aromatic heterocycles. The summed E-state index contributed by atoms with van der Waals surface area (Å²) in [6.45, 7) is 4.36. The van der Waals surface area contributed by atoms with Gasteiger partial charge in [-0.05, 0) is 100.0 Å².